The molecule has 0 radical (unpaired) electrons. The standard InChI is InChI=1S/C16H16FN3O4/c1-10-3-4-11(17)7-14(10)18-9-16(21)19-13-6-5-12(24-2)8-15(13)20(22)23/h3-8,18H,9H2,1-2H3,(H,19,21). The van der Waals surface area contributed by atoms with Crippen molar-refractivity contribution in [3.05, 3.63) is 57.9 Å². The minimum absolute atomic E-state index is 0.0589. The monoisotopic (exact) mass is 333 g/mol. The van der Waals surface area contributed by atoms with Gasteiger partial charge in [0.1, 0.15) is 17.3 Å². The Hall–Kier alpha value is -3.16. The van der Waals surface area contributed by atoms with Gasteiger partial charge in [0.15, 0.2) is 0 Å². The molecule has 126 valence electrons. The lowest BCUT2D eigenvalue weighted by Gasteiger charge is -2.11. The van der Waals surface area contributed by atoms with Gasteiger partial charge < -0.3 is 15.4 Å². The van der Waals surface area contributed by atoms with Crippen LogP contribution in [0, 0.1) is 22.9 Å². The van der Waals surface area contributed by atoms with Gasteiger partial charge in [0, 0.05) is 5.69 Å². The van der Waals surface area contributed by atoms with Crippen molar-refractivity contribution in [1.29, 1.82) is 0 Å². The summed E-state index contributed by atoms with van der Waals surface area (Å²) in [5.41, 5.74) is 1.04. The summed E-state index contributed by atoms with van der Waals surface area (Å²) in [5.74, 6) is -0.602. The number of rotatable bonds is 6. The molecule has 0 bridgehead atoms. The Bertz CT molecular complexity index is 780. The van der Waals surface area contributed by atoms with E-state index in [0.717, 1.165) is 5.56 Å². The molecule has 7 nitrogen and oxygen atoms in total. The second-order valence-corrected chi connectivity index (χ2v) is 5.00. The molecule has 2 rings (SSSR count). The maximum absolute atomic E-state index is 13.2. The fourth-order valence-corrected chi connectivity index (χ4v) is 2.05. The van der Waals surface area contributed by atoms with Crippen molar-refractivity contribution in [2.24, 2.45) is 0 Å². The molecule has 0 unspecified atom stereocenters. The number of ether oxygens (including phenoxy) is 1. The van der Waals surface area contributed by atoms with Crippen LogP contribution in [0.15, 0.2) is 36.4 Å². The summed E-state index contributed by atoms with van der Waals surface area (Å²) in [6.45, 7) is 1.61. The summed E-state index contributed by atoms with van der Waals surface area (Å²) >= 11 is 0. The number of anilines is 2. The number of hydrogen-bond acceptors (Lipinski definition) is 5. The molecule has 0 fully saturated rings. The molecule has 0 aliphatic rings. The number of nitrogens with zero attached hydrogens (tertiary/aromatic N) is 1. The number of hydrogen-bond donors (Lipinski definition) is 2. The van der Waals surface area contributed by atoms with Crippen molar-refractivity contribution >= 4 is 23.0 Å². The van der Waals surface area contributed by atoms with E-state index in [2.05, 4.69) is 10.6 Å². The second-order valence-electron chi connectivity index (χ2n) is 5.00. The van der Waals surface area contributed by atoms with Crippen LogP contribution in [0.5, 0.6) is 5.75 Å². The van der Waals surface area contributed by atoms with Gasteiger partial charge in [-0.1, -0.05) is 6.07 Å². The molecule has 0 saturated carbocycles. The predicted octanol–water partition coefficient (Wildman–Crippen LogP) is 3.10. The minimum Gasteiger partial charge on any atom is -0.496 e. The van der Waals surface area contributed by atoms with Crippen molar-refractivity contribution < 1.29 is 18.8 Å². The first kappa shape index (κ1) is 17.2. The molecule has 1 amide bonds. The van der Waals surface area contributed by atoms with Gasteiger partial charge in [-0.2, -0.15) is 0 Å². The van der Waals surface area contributed by atoms with Gasteiger partial charge in [-0.25, -0.2) is 4.39 Å². The van der Waals surface area contributed by atoms with Crippen molar-refractivity contribution in [2.45, 2.75) is 6.92 Å². The molecule has 0 aromatic heterocycles. The van der Waals surface area contributed by atoms with Crippen LogP contribution < -0.4 is 15.4 Å². The van der Waals surface area contributed by atoms with Gasteiger partial charge >= 0.3 is 0 Å². The number of aryl methyl sites for hydroxylation is 1. The quantitative estimate of drug-likeness (QED) is 0.626. The lowest BCUT2D eigenvalue weighted by molar-refractivity contribution is -0.384. The van der Waals surface area contributed by atoms with Gasteiger partial charge in [0.2, 0.25) is 5.91 Å². The summed E-state index contributed by atoms with van der Waals surface area (Å²) < 4.78 is 18.1. The van der Waals surface area contributed by atoms with Crippen LogP contribution in [0.3, 0.4) is 0 Å². The molecule has 0 atom stereocenters. The van der Waals surface area contributed by atoms with Crippen molar-refractivity contribution in [3.63, 3.8) is 0 Å². The van der Waals surface area contributed by atoms with E-state index in [1.165, 1.54) is 37.4 Å². The molecule has 0 aliphatic carbocycles. The highest BCUT2D eigenvalue weighted by Crippen LogP contribution is 2.28. The molecule has 24 heavy (non-hydrogen) atoms. The van der Waals surface area contributed by atoms with Gasteiger partial charge in [-0.3, -0.25) is 14.9 Å². The number of carbonyl (C=O) groups excluding carboxylic acids is 1. The van der Waals surface area contributed by atoms with E-state index in [1.807, 2.05) is 0 Å². The second kappa shape index (κ2) is 7.40. The van der Waals surface area contributed by atoms with Crippen molar-refractivity contribution in [3.8, 4) is 5.75 Å². The number of benzene rings is 2. The average molecular weight is 333 g/mol. The van der Waals surface area contributed by atoms with E-state index < -0.39 is 16.6 Å². The molecular formula is C16H16FN3O4. The first-order valence-electron chi connectivity index (χ1n) is 7.03. The zero-order valence-corrected chi connectivity index (χ0v) is 13.1. The average Bonchev–Trinajstić information content (AvgIpc) is 2.55. The third-order valence-electron chi connectivity index (χ3n) is 3.31. The van der Waals surface area contributed by atoms with E-state index in [1.54, 1.807) is 13.0 Å². The fraction of sp³-hybridized carbons (Fsp3) is 0.188. The first-order chi connectivity index (χ1) is 11.4. The number of methoxy groups -OCH3 is 1. The van der Waals surface area contributed by atoms with E-state index in [0.29, 0.717) is 11.4 Å². The van der Waals surface area contributed by atoms with Crippen LogP contribution in [0.2, 0.25) is 0 Å². The van der Waals surface area contributed by atoms with Crippen molar-refractivity contribution in [1.82, 2.24) is 0 Å². The summed E-state index contributed by atoms with van der Waals surface area (Å²) in [7, 11) is 1.39. The zero-order chi connectivity index (χ0) is 17.7. The van der Waals surface area contributed by atoms with Crippen LogP contribution >= 0.6 is 0 Å². The van der Waals surface area contributed by atoms with Gasteiger partial charge in [-0.15, -0.1) is 0 Å². The summed E-state index contributed by atoms with van der Waals surface area (Å²) in [6, 6.07) is 8.30. The maximum Gasteiger partial charge on any atom is 0.296 e. The predicted molar refractivity (Wildman–Crippen MR) is 87.9 cm³/mol. The van der Waals surface area contributed by atoms with Crippen molar-refractivity contribution in [2.75, 3.05) is 24.3 Å². The zero-order valence-electron chi connectivity index (χ0n) is 13.1. The number of nitrogens with one attached hydrogen (secondary N) is 2. The Morgan fingerprint density at radius 3 is 2.67 bits per heavy atom. The third kappa shape index (κ3) is 4.19. The van der Waals surface area contributed by atoms with Gasteiger partial charge in [-0.05, 0) is 36.8 Å². The van der Waals surface area contributed by atoms with E-state index in [4.69, 9.17) is 4.74 Å². The number of nitro groups is 1. The minimum atomic E-state index is -0.609. The van der Waals surface area contributed by atoms with E-state index in [9.17, 15) is 19.3 Å². The molecule has 0 saturated heterocycles. The maximum atomic E-state index is 13.2. The van der Waals surface area contributed by atoms with Gasteiger partial charge in [0.25, 0.3) is 5.69 Å². The molecule has 2 N–H and O–H groups in total. The molecule has 8 heteroatoms. The highest BCUT2D eigenvalue weighted by atomic mass is 19.1. The molecule has 2 aromatic carbocycles. The van der Waals surface area contributed by atoms with Crippen LogP contribution in [0.4, 0.5) is 21.5 Å². The number of halogens is 1. The van der Waals surface area contributed by atoms with Gasteiger partial charge in [0.05, 0.1) is 24.6 Å². The Labute approximate surface area is 137 Å². The molecule has 2 aromatic rings. The Balaban J connectivity index is 2.07. The molecule has 0 heterocycles. The van der Waals surface area contributed by atoms with E-state index in [-0.39, 0.29) is 17.9 Å². The van der Waals surface area contributed by atoms with Crippen LogP contribution in [-0.4, -0.2) is 24.5 Å². The summed E-state index contributed by atoms with van der Waals surface area (Å²) in [4.78, 5) is 22.5. The normalized spacial score (nSPS) is 10.1. The summed E-state index contributed by atoms with van der Waals surface area (Å²) in [5, 5.41) is 16.3. The first-order valence-corrected chi connectivity index (χ1v) is 7.03. The number of nitro benzene ring substituents is 1. The lowest BCUT2D eigenvalue weighted by atomic mass is 10.2. The molecular weight excluding hydrogens is 317 g/mol. The third-order valence-corrected chi connectivity index (χ3v) is 3.31. The number of carbonyl (C=O) groups is 1. The highest BCUT2D eigenvalue weighted by Gasteiger charge is 2.17. The number of amides is 1. The van der Waals surface area contributed by atoms with E-state index >= 15 is 0 Å². The SMILES string of the molecule is COc1ccc(NC(=O)CNc2cc(F)ccc2C)c([N+](=O)[O-])c1. The largest absolute Gasteiger partial charge is 0.496 e. The Kier molecular flexibility index (Phi) is 5.31. The highest BCUT2D eigenvalue weighted by molar-refractivity contribution is 5.96. The van der Waals surface area contributed by atoms with Crippen LogP contribution in [0.25, 0.3) is 0 Å². The lowest BCUT2D eigenvalue weighted by Crippen LogP contribution is -2.22. The van der Waals surface area contributed by atoms with Crippen LogP contribution in [-0.2, 0) is 4.79 Å². The van der Waals surface area contributed by atoms with Crippen LogP contribution in [0.1, 0.15) is 5.56 Å². The Morgan fingerprint density at radius 2 is 2.00 bits per heavy atom. The smallest absolute Gasteiger partial charge is 0.296 e. The topological polar surface area (TPSA) is 93.5 Å². The molecule has 0 spiro atoms. The Morgan fingerprint density at radius 1 is 1.25 bits per heavy atom. The summed E-state index contributed by atoms with van der Waals surface area (Å²) in [6.07, 6.45) is 0. The fourth-order valence-electron chi connectivity index (χ4n) is 2.05. The molecule has 0 aliphatic heterocycles.